The first-order valence-corrected chi connectivity index (χ1v) is 7.55. The van der Waals surface area contributed by atoms with Gasteiger partial charge >= 0.3 is 6.18 Å². The highest BCUT2D eigenvalue weighted by Crippen LogP contribution is 2.40. The number of pyridine rings is 1. The molecule has 1 atom stereocenters. The van der Waals surface area contributed by atoms with E-state index in [2.05, 4.69) is 15.3 Å². The van der Waals surface area contributed by atoms with E-state index in [1.807, 2.05) is 0 Å². The second kappa shape index (κ2) is 5.45. The minimum Gasteiger partial charge on any atom is -0.326 e. The Bertz CT molecular complexity index is 710. The van der Waals surface area contributed by atoms with E-state index in [4.69, 9.17) is 0 Å². The summed E-state index contributed by atoms with van der Waals surface area (Å²) in [5.74, 6) is 0. The SMILES string of the molecule is Cc1cc(C)c(C2=NCCN3CCNC3(C(F)(F)F)C2)c(=O)[nH]1. The number of alkyl halides is 3. The molecule has 2 N–H and O–H groups in total. The molecule has 1 fully saturated rings. The number of rotatable bonds is 1. The number of H-pyrrole nitrogens is 1. The molecule has 0 amide bonds. The Balaban J connectivity index is 2.09. The molecule has 126 valence electrons. The predicted octanol–water partition coefficient (Wildman–Crippen LogP) is 1.35. The Kier molecular flexibility index (Phi) is 3.84. The molecular formula is C15H19F3N4O. The summed E-state index contributed by atoms with van der Waals surface area (Å²) in [5, 5.41) is 2.61. The highest BCUT2D eigenvalue weighted by atomic mass is 19.4. The minimum atomic E-state index is -4.44. The maximum atomic E-state index is 13.8. The van der Waals surface area contributed by atoms with Crippen molar-refractivity contribution in [1.82, 2.24) is 15.2 Å². The number of aromatic nitrogens is 1. The van der Waals surface area contributed by atoms with Crippen molar-refractivity contribution < 1.29 is 13.2 Å². The van der Waals surface area contributed by atoms with Gasteiger partial charge in [0.05, 0.1) is 17.8 Å². The van der Waals surface area contributed by atoms with Crippen molar-refractivity contribution in [3.8, 4) is 0 Å². The van der Waals surface area contributed by atoms with E-state index in [1.165, 1.54) is 4.90 Å². The fourth-order valence-electron chi connectivity index (χ4n) is 3.54. The van der Waals surface area contributed by atoms with Crippen LogP contribution in [0.1, 0.15) is 23.2 Å². The van der Waals surface area contributed by atoms with Crippen LogP contribution in [0.25, 0.3) is 0 Å². The molecule has 2 aliphatic rings. The van der Waals surface area contributed by atoms with E-state index in [0.717, 1.165) is 0 Å². The van der Waals surface area contributed by atoms with Gasteiger partial charge in [-0.3, -0.25) is 20.0 Å². The molecular weight excluding hydrogens is 309 g/mol. The van der Waals surface area contributed by atoms with Crippen LogP contribution in [0.2, 0.25) is 0 Å². The predicted molar refractivity (Wildman–Crippen MR) is 80.9 cm³/mol. The summed E-state index contributed by atoms with van der Waals surface area (Å²) in [6, 6.07) is 1.75. The van der Waals surface area contributed by atoms with Gasteiger partial charge in [-0.1, -0.05) is 0 Å². The van der Waals surface area contributed by atoms with E-state index in [0.29, 0.717) is 17.8 Å². The van der Waals surface area contributed by atoms with Crippen molar-refractivity contribution in [3.05, 3.63) is 33.2 Å². The third-order valence-electron chi connectivity index (χ3n) is 4.56. The van der Waals surface area contributed by atoms with E-state index in [9.17, 15) is 18.0 Å². The Morgan fingerprint density at radius 2 is 2.04 bits per heavy atom. The molecule has 0 bridgehead atoms. The third kappa shape index (κ3) is 2.59. The van der Waals surface area contributed by atoms with Gasteiger partial charge in [-0.25, -0.2) is 0 Å². The quantitative estimate of drug-likeness (QED) is 0.818. The molecule has 23 heavy (non-hydrogen) atoms. The van der Waals surface area contributed by atoms with Gasteiger partial charge in [0.2, 0.25) is 0 Å². The van der Waals surface area contributed by atoms with E-state index in [-0.39, 0.29) is 42.9 Å². The average molecular weight is 328 g/mol. The monoisotopic (exact) mass is 328 g/mol. The van der Waals surface area contributed by atoms with Crippen molar-refractivity contribution in [1.29, 1.82) is 0 Å². The van der Waals surface area contributed by atoms with Crippen LogP contribution in [0, 0.1) is 13.8 Å². The number of hydrogen-bond acceptors (Lipinski definition) is 4. The van der Waals surface area contributed by atoms with E-state index >= 15 is 0 Å². The van der Waals surface area contributed by atoms with E-state index in [1.54, 1.807) is 19.9 Å². The lowest BCUT2D eigenvalue weighted by Gasteiger charge is -2.38. The normalized spacial score (nSPS) is 25.9. The zero-order valence-corrected chi connectivity index (χ0v) is 13.0. The van der Waals surface area contributed by atoms with Crippen LogP contribution < -0.4 is 10.9 Å². The molecule has 1 aromatic rings. The topological polar surface area (TPSA) is 60.5 Å². The Labute approximate surface area is 131 Å². The Morgan fingerprint density at radius 3 is 2.70 bits per heavy atom. The lowest BCUT2D eigenvalue weighted by Crippen LogP contribution is -2.63. The number of nitrogens with one attached hydrogen (secondary N) is 2. The van der Waals surface area contributed by atoms with Crippen molar-refractivity contribution in [2.45, 2.75) is 32.1 Å². The standard InChI is InChI=1S/C15H19F3N4O/c1-9-7-10(2)21-13(23)12(9)11-8-14(15(16,17)18)20-4-6-22(14)5-3-19-11/h7,20H,3-6,8H2,1-2H3,(H,21,23). The molecule has 2 aliphatic heterocycles. The van der Waals surface area contributed by atoms with Gasteiger partial charge < -0.3 is 4.98 Å². The van der Waals surface area contributed by atoms with Crippen molar-refractivity contribution in [3.63, 3.8) is 0 Å². The maximum Gasteiger partial charge on any atom is 0.420 e. The zero-order valence-electron chi connectivity index (χ0n) is 13.0. The number of aliphatic imine (C=N–C) groups is 1. The van der Waals surface area contributed by atoms with Gasteiger partial charge in [-0.15, -0.1) is 0 Å². The van der Waals surface area contributed by atoms with Gasteiger partial charge in [-0.2, -0.15) is 13.2 Å². The van der Waals surface area contributed by atoms with Gasteiger partial charge in [0.25, 0.3) is 5.56 Å². The molecule has 0 saturated carbocycles. The van der Waals surface area contributed by atoms with Crippen molar-refractivity contribution >= 4 is 5.71 Å². The first-order chi connectivity index (χ1) is 10.7. The van der Waals surface area contributed by atoms with Gasteiger partial charge in [0.15, 0.2) is 5.66 Å². The molecule has 1 saturated heterocycles. The fraction of sp³-hybridized carbons (Fsp3) is 0.600. The van der Waals surface area contributed by atoms with Crippen LogP contribution in [-0.2, 0) is 0 Å². The summed E-state index contributed by atoms with van der Waals surface area (Å²) in [7, 11) is 0. The number of aryl methyl sites for hydroxylation is 2. The zero-order chi connectivity index (χ0) is 16.8. The summed E-state index contributed by atoms with van der Waals surface area (Å²) in [5.41, 5.74) is -0.713. The fourth-order valence-corrected chi connectivity index (χ4v) is 3.54. The van der Waals surface area contributed by atoms with Gasteiger partial charge in [0, 0.05) is 31.7 Å². The van der Waals surface area contributed by atoms with Crippen LogP contribution in [0.4, 0.5) is 13.2 Å². The molecule has 0 spiro atoms. The lowest BCUT2D eigenvalue weighted by molar-refractivity contribution is -0.227. The summed E-state index contributed by atoms with van der Waals surface area (Å²) in [6.07, 6.45) is -4.80. The van der Waals surface area contributed by atoms with Gasteiger partial charge in [-0.05, 0) is 25.5 Å². The highest BCUT2D eigenvalue weighted by Gasteiger charge is 2.61. The number of hydrogen-bond donors (Lipinski definition) is 2. The molecule has 0 radical (unpaired) electrons. The molecule has 1 unspecified atom stereocenters. The average Bonchev–Trinajstić information content (AvgIpc) is 2.73. The first kappa shape index (κ1) is 16.2. The van der Waals surface area contributed by atoms with Crippen LogP contribution >= 0.6 is 0 Å². The lowest BCUT2D eigenvalue weighted by atomic mass is 9.95. The Morgan fingerprint density at radius 1 is 1.30 bits per heavy atom. The molecule has 0 aliphatic carbocycles. The van der Waals surface area contributed by atoms with Crippen molar-refractivity contribution in [2.24, 2.45) is 4.99 Å². The Hall–Kier alpha value is -1.67. The summed E-state index contributed by atoms with van der Waals surface area (Å²) >= 11 is 0. The molecule has 3 heterocycles. The number of aromatic amines is 1. The second-order valence-electron chi connectivity index (χ2n) is 6.12. The van der Waals surface area contributed by atoms with Crippen LogP contribution in [0.3, 0.4) is 0 Å². The maximum absolute atomic E-state index is 13.8. The highest BCUT2D eigenvalue weighted by molar-refractivity contribution is 6.02. The smallest absolute Gasteiger partial charge is 0.326 e. The molecule has 8 heteroatoms. The summed E-state index contributed by atoms with van der Waals surface area (Å²) < 4.78 is 41.3. The third-order valence-corrected chi connectivity index (χ3v) is 4.56. The molecule has 3 rings (SSSR count). The number of halogens is 3. The summed E-state index contributed by atoms with van der Waals surface area (Å²) in [6.45, 7) is 4.54. The molecule has 1 aromatic heterocycles. The number of nitrogens with zero attached hydrogens (tertiary/aromatic N) is 2. The first-order valence-electron chi connectivity index (χ1n) is 7.55. The second-order valence-corrected chi connectivity index (χ2v) is 6.12. The van der Waals surface area contributed by atoms with Crippen LogP contribution in [0.5, 0.6) is 0 Å². The number of fused-ring (bicyclic) bond motifs is 1. The van der Waals surface area contributed by atoms with Crippen molar-refractivity contribution in [2.75, 3.05) is 26.2 Å². The molecule has 5 nitrogen and oxygen atoms in total. The largest absolute Gasteiger partial charge is 0.420 e. The minimum absolute atomic E-state index is 0.220. The van der Waals surface area contributed by atoms with Crippen LogP contribution in [0.15, 0.2) is 15.9 Å². The van der Waals surface area contributed by atoms with Gasteiger partial charge in [0.1, 0.15) is 0 Å². The van der Waals surface area contributed by atoms with E-state index < -0.39 is 11.8 Å². The summed E-state index contributed by atoms with van der Waals surface area (Å²) in [4.78, 5) is 20.6. The van der Waals surface area contributed by atoms with Crippen LogP contribution in [-0.4, -0.2) is 53.6 Å². The molecule has 0 aromatic carbocycles.